The van der Waals surface area contributed by atoms with E-state index in [0.29, 0.717) is 36.0 Å². The fraction of sp³-hybridized carbons (Fsp3) is 0.464. The number of nitrogens with zero attached hydrogens (tertiary/aromatic N) is 6. The van der Waals surface area contributed by atoms with Crippen LogP contribution >= 0.6 is 0 Å². The van der Waals surface area contributed by atoms with Crippen molar-refractivity contribution in [1.82, 2.24) is 8.61 Å². The number of fused-ring (bicyclic) bond motifs is 2. The van der Waals surface area contributed by atoms with Gasteiger partial charge in [0.15, 0.2) is 11.4 Å². The Morgan fingerprint density at radius 1 is 0.479 bits per heavy atom. The summed E-state index contributed by atoms with van der Waals surface area (Å²) in [7, 11) is -11.0. The number of allylic oxidation sites excluding steroid dienone is 2. The second kappa shape index (κ2) is 25.9. The average Bonchev–Trinajstić information content (AvgIpc) is 3.70. The maximum atomic E-state index is 13.9. The molecular formula is C56H78BF4N6O4S2+. The van der Waals surface area contributed by atoms with E-state index in [1.807, 2.05) is 52.0 Å². The van der Waals surface area contributed by atoms with Crippen LogP contribution in [0.3, 0.4) is 0 Å². The monoisotopic (exact) mass is 1050 g/mol. The van der Waals surface area contributed by atoms with Crippen molar-refractivity contribution >= 4 is 73.9 Å². The molecule has 0 unspecified atom stereocenters. The molecule has 0 aromatic heterocycles. The largest absolute Gasteiger partial charge is 1.00 e. The SMILES string of the molecule is CCN(CC)c1ccc(/C=C/C2=[N+](CCCC[N+]3=C(/C=C/c4ccc(N(CC)CC)cc4)C(C)(C)c4cc(S(=O)(=O)N(CC)CC)ccc43)c3ccc(S(=O)(=O)N(CC)CC)cc3C2(C)C)cc1.FB(F)F.[F-]. The van der Waals surface area contributed by atoms with Gasteiger partial charge in [-0.3, -0.25) is 12.9 Å². The quantitative estimate of drug-likeness (QED) is 0.0319. The lowest BCUT2D eigenvalue weighted by Crippen LogP contribution is -3.00. The first-order valence-corrected chi connectivity index (χ1v) is 28.6. The van der Waals surface area contributed by atoms with E-state index in [4.69, 9.17) is 0 Å². The minimum absolute atomic E-state index is 0. The number of anilines is 2. The Hall–Kier alpha value is -5.10. The van der Waals surface area contributed by atoms with E-state index in [0.717, 1.165) is 97.2 Å². The van der Waals surface area contributed by atoms with Crippen LogP contribution < -0.4 is 14.5 Å². The van der Waals surface area contributed by atoms with E-state index in [2.05, 4.69) is 147 Å². The molecule has 0 aliphatic carbocycles. The van der Waals surface area contributed by atoms with Gasteiger partial charge in [-0.05, 0) is 127 Å². The molecule has 0 saturated carbocycles. The Labute approximate surface area is 435 Å². The highest BCUT2D eigenvalue weighted by atomic mass is 32.2. The summed E-state index contributed by atoms with van der Waals surface area (Å²) >= 11 is 0. The molecule has 0 fully saturated rings. The Kier molecular flexibility index (Phi) is 21.5. The molecule has 2 heterocycles. The Morgan fingerprint density at radius 2 is 0.781 bits per heavy atom. The molecule has 6 rings (SSSR count). The van der Waals surface area contributed by atoms with Crippen LogP contribution in [0.25, 0.3) is 12.2 Å². The molecule has 0 bridgehead atoms. The van der Waals surface area contributed by atoms with Crippen LogP contribution in [0.1, 0.15) is 118 Å². The minimum Gasteiger partial charge on any atom is -1.00 e. The van der Waals surface area contributed by atoms with Crippen molar-refractivity contribution in [3.05, 3.63) is 119 Å². The van der Waals surface area contributed by atoms with Gasteiger partial charge < -0.3 is 14.5 Å². The maximum Gasteiger partial charge on any atom is 0.762 e. The number of hydrogen-bond donors (Lipinski definition) is 0. The van der Waals surface area contributed by atoms with Gasteiger partial charge in [0.2, 0.25) is 31.4 Å². The molecule has 4 aromatic rings. The molecule has 0 saturated heterocycles. The van der Waals surface area contributed by atoms with Crippen molar-refractivity contribution in [3.8, 4) is 0 Å². The van der Waals surface area contributed by atoms with E-state index in [1.54, 1.807) is 12.1 Å². The molecule has 0 N–H and O–H groups in total. The van der Waals surface area contributed by atoms with Gasteiger partial charge in [-0.15, -0.1) is 0 Å². The normalized spacial score (nSPS) is 15.0. The Balaban J connectivity index is 0.00000223. The van der Waals surface area contributed by atoms with Gasteiger partial charge >= 0.3 is 7.54 Å². The van der Waals surface area contributed by atoms with E-state index < -0.39 is 38.4 Å². The highest BCUT2D eigenvalue weighted by Crippen LogP contribution is 2.44. The summed E-state index contributed by atoms with van der Waals surface area (Å²) in [6.45, 7) is 31.9. The average molecular weight is 1050 g/mol. The molecule has 0 atom stereocenters. The van der Waals surface area contributed by atoms with E-state index in [9.17, 15) is 29.8 Å². The summed E-state index contributed by atoms with van der Waals surface area (Å²) in [5, 5.41) is 0. The van der Waals surface area contributed by atoms with E-state index in [-0.39, 0.29) is 4.70 Å². The molecule has 2 aliphatic heterocycles. The maximum absolute atomic E-state index is 13.9. The number of hydrogen-bond acceptors (Lipinski definition) is 6. The number of sulfonamides is 2. The van der Waals surface area contributed by atoms with Crippen LogP contribution in [-0.2, 0) is 30.9 Å². The highest BCUT2D eigenvalue weighted by molar-refractivity contribution is 7.89. The lowest BCUT2D eigenvalue weighted by Gasteiger charge is -2.21. The van der Waals surface area contributed by atoms with E-state index >= 15 is 0 Å². The molecule has 10 nitrogen and oxygen atoms in total. The predicted molar refractivity (Wildman–Crippen MR) is 295 cm³/mol. The van der Waals surface area contributed by atoms with Gasteiger partial charge in [0.1, 0.15) is 13.1 Å². The van der Waals surface area contributed by atoms with Crippen LogP contribution in [0.2, 0.25) is 0 Å². The Morgan fingerprint density at radius 3 is 1.05 bits per heavy atom. The fourth-order valence-electron chi connectivity index (χ4n) is 10.2. The number of halogens is 4. The van der Waals surface area contributed by atoms with Crippen molar-refractivity contribution in [2.45, 2.75) is 117 Å². The minimum atomic E-state index is -3.67. The van der Waals surface area contributed by atoms with Crippen LogP contribution in [0.15, 0.2) is 107 Å². The van der Waals surface area contributed by atoms with Gasteiger partial charge in [-0.25, -0.2) is 16.8 Å². The smallest absolute Gasteiger partial charge is 0.762 e. The molecule has 73 heavy (non-hydrogen) atoms. The van der Waals surface area contributed by atoms with Crippen LogP contribution in [-0.4, -0.2) is 119 Å². The van der Waals surface area contributed by atoms with Gasteiger partial charge in [-0.2, -0.15) is 17.8 Å². The summed E-state index contributed by atoms with van der Waals surface area (Å²) in [5.41, 5.74) is 9.95. The van der Waals surface area contributed by atoms with Gasteiger partial charge in [0.05, 0.1) is 20.6 Å². The summed E-state index contributed by atoms with van der Waals surface area (Å²) in [6.07, 6.45) is 10.5. The van der Waals surface area contributed by atoms with Crippen molar-refractivity contribution in [2.24, 2.45) is 0 Å². The molecule has 2 aliphatic rings. The third-order valence-corrected chi connectivity index (χ3v) is 18.4. The third kappa shape index (κ3) is 13.2. The first-order valence-electron chi connectivity index (χ1n) is 25.7. The lowest BCUT2D eigenvalue weighted by molar-refractivity contribution is -0.451. The molecule has 17 heteroatoms. The lowest BCUT2D eigenvalue weighted by atomic mass is 9.81. The molecule has 4 aromatic carbocycles. The Bertz CT molecular complexity index is 2640. The van der Waals surface area contributed by atoms with Gasteiger partial charge in [-0.1, -0.05) is 52.0 Å². The molecule has 0 radical (unpaired) electrons. The van der Waals surface area contributed by atoms with Crippen molar-refractivity contribution in [2.75, 3.05) is 75.2 Å². The van der Waals surface area contributed by atoms with Crippen LogP contribution in [0, 0.1) is 0 Å². The second-order valence-electron chi connectivity index (χ2n) is 19.0. The zero-order valence-electron chi connectivity index (χ0n) is 45.1. The fourth-order valence-corrected chi connectivity index (χ4v) is 13.2. The first kappa shape index (κ1) is 60.5. The predicted octanol–water partition coefficient (Wildman–Crippen LogP) is 8.98. The standard InChI is InChI=1S/C56H78N6O4S2.BF3.FH/c1-13-57(14-2)45-29-23-43(24-30-45)27-37-53-55(9,10)49-41-47(67(63,64)59(17-5)18-6)33-35-51(49)61(53)39-21-22-40-62-52-36-34-48(68(65,66)60(19-7)20-8)42-50(52)56(11,12)54(62)38-28-44-25-31-46(32-26-44)58(15-3)16-4;2-1(3)4;/h23-38,41-42H,13-22,39-40H2,1-12H3;;1H/q+2;;/p-1. The zero-order valence-corrected chi connectivity index (χ0v) is 46.7. The summed E-state index contributed by atoms with van der Waals surface area (Å²) < 4.78 is 92.2. The molecule has 398 valence electrons. The molecular weight excluding hydrogens is 972 g/mol. The summed E-state index contributed by atoms with van der Waals surface area (Å²) in [6, 6.07) is 28.7. The molecule has 0 amide bonds. The van der Waals surface area contributed by atoms with Gasteiger partial charge in [0, 0.05) is 112 Å². The van der Waals surface area contributed by atoms with Crippen molar-refractivity contribution < 1.29 is 43.6 Å². The van der Waals surface area contributed by atoms with Crippen LogP contribution in [0.4, 0.5) is 35.7 Å². The topological polar surface area (TPSA) is 87.3 Å². The second-order valence-corrected chi connectivity index (χ2v) is 22.9. The van der Waals surface area contributed by atoms with E-state index in [1.165, 1.54) is 20.0 Å². The zero-order chi connectivity index (χ0) is 53.2. The highest BCUT2D eigenvalue weighted by Gasteiger charge is 2.47. The van der Waals surface area contributed by atoms with Crippen molar-refractivity contribution in [1.29, 1.82) is 0 Å². The number of unbranched alkanes of at least 4 members (excludes halogenated alkanes) is 1. The molecule has 0 spiro atoms. The number of rotatable bonds is 23. The third-order valence-electron chi connectivity index (χ3n) is 14.3. The van der Waals surface area contributed by atoms with Crippen molar-refractivity contribution in [3.63, 3.8) is 0 Å². The number of benzene rings is 4. The van der Waals surface area contributed by atoms with Gasteiger partial charge in [0.25, 0.3) is 0 Å². The van der Waals surface area contributed by atoms with Crippen LogP contribution in [0.5, 0.6) is 0 Å². The summed E-state index contributed by atoms with van der Waals surface area (Å²) in [4.78, 5) is 5.32. The summed E-state index contributed by atoms with van der Waals surface area (Å²) in [5.74, 6) is 0. The first-order chi connectivity index (χ1) is 34.1.